The van der Waals surface area contributed by atoms with Gasteiger partial charge in [0.05, 0.1) is 0 Å². The first-order valence-corrected chi connectivity index (χ1v) is 9.68. The Bertz CT molecular complexity index is 448. The third-order valence-electron chi connectivity index (χ3n) is 3.93. The highest BCUT2D eigenvalue weighted by molar-refractivity contribution is 7.92. The van der Waals surface area contributed by atoms with Gasteiger partial charge in [-0.2, -0.15) is 0 Å². The molecule has 0 bridgehead atoms. The van der Waals surface area contributed by atoms with Crippen LogP contribution < -0.4 is 10.8 Å². The summed E-state index contributed by atoms with van der Waals surface area (Å²) < 4.78 is 27.9. The Morgan fingerprint density at radius 1 is 1.36 bits per heavy atom. The lowest BCUT2D eigenvalue weighted by molar-refractivity contribution is -0.201. The summed E-state index contributed by atoms with van der Waals surface area (Å²) in [5, 5.41) is 3.11. The van der Waals surface area contributed by atoms with Crippen LogP contribution in [0.4, 0.5) is 0 Å². The molecule has 0 aromatic heterocycles. The Morgan fingerprint density at radius 3 is 2.64 bits per heavy atom. The highest BCUT2D eigenvalue weighted by atomic mass is 32.2. The van der Waals surface area contributed by atoms with Crippen molar-refractivity contribution >= 4 is 15.7 Å². The molecule has 1 saturated heterocycles. The summed E-state index contributed by atoms with van der Waals surface area (Å²) in [6, 6.07) is 0. The van der Waals surface area contributed by atoms with E-state index in [0.717, 1.165) is 32.1 Å². The molecule has 1 heterocycles. The van der Waals surface area contributed by atoms with Crippen molar-refractivity contribution in [3.63, 3.8) is 0 Å². The molecule has 1 rings (SSSR count). The molecule has 7 nitrogen and oxygen atoms in total. The summed E-state index contributed by atoms with van der Waals surface area (Å²) in [6.07, 6.45) is 4.33. The van der Waals surface area contributed by atoms with Gasteiger partial charge in [0, 0.05) is 19.3 Å². The standard InChI is InChI=1S/C14H28N2O5S/c1-4-9-15-10-8-14(2,22(3,18)19)13(17)16-21-12-7-5-6-11-20-12/h12,15H,4-11H2,1-3H3,(H,16,17). The predicted octanol–water partition coefficient (Wildman–Crippen LogP) is 0.754. The smallest absolute Gasteiger partial charge is 0.264 e. The molecule has 0 saturated carbocycles. The third-order valence-corrected chi connectivity index (χ3v) is 5.95. The Labute approximate surface area is 133 Å². The SMILES string of the molecule is CCCNCCC(C)(C(=O)NOC1CCCCO1)S(C)(=O)=O. The third kappa shape index (κ3) is 5.49. The number of sulfone groups is 1. The molecule has 1 aliphatic heterocycles. The highest BCUT2D eigenvalue weighted by Gasteiger charge is 2.43. The van der Waals surface area contributed by atoms with Crippen molar-refractivity contribution in [1.29, 1.82) is 0 Å². The number of hydrogen-bond donors (Lipinski definition) is 2. The van der Waals surface area contributed by atoms with Crippen LogP contribution in [-0.4, -0.2) is 51.3 Å². The van der Waals surface area contributed by atoms with Crippen LogP contribution in [0.5, 0.6) is 0 Å². The summed E-state index contributed by atoms with van der Waals surface area (Å²) in [4.78, 5) is 17.5. The summed E-state index contributed by atoms with van der Waals surface area (Å²) in [5.74, 6) is -0.650. The zero-order valence-electron chi connectivity index (χ0n) is 13.7. The van der Waals surface area contributed by atoms with Gasteiger partial charge in [-0.3, -0.25) is 4.79 Å². The van der Waals surface area contributed by atoms with Gasteiger partial charge in [0.1, 0.15) is 0 Å². The summed E-state index contributed by atoms with van der Waals surface area (Å²) >= 11 is 0. The van der Waals surface area contributed by atoms with Crippen LogP contribution in [0, 0.1) is 0 Å². The Kier molecular flexibility index (Phi) is 7.75. The number of rotatable bonds is 9. The lowest BCUT2D eigenvalue weighted by Crippen LogP contribution is -2.52. The molecule has 1 fully saturated rings. The van der Waals surface area contributed by atoms with Gasteiger partial charge in [0.15, 0.2) is 20.9 Å². The van der Waals surface area contributed by atoms with Gasteiger partial charge in [-0.25, -0.2) is 18.7 Å². The normalized spacial score (nSPS) is 22.0. The maximum atomic E-state index is 12.3. The van der Waals surface area contributed by atoms with Crippen LogP contribution in [0.3, 0.4) is 0 Å². The minimum Gasteiger partial charge on any atom is -0.350 e. The number of ether oxygens (including phenoxy) is 1. The summed E-state index contributed by atoms with van der Waals surface area (Å²) in [5.41, 5.74) is 2.27. The first kappa shape index (κ1) is 19.3. The van der Waals surface area contributed by atoms with E-state index in [9.17, 15) is 13.2 Å². The second kappa shape index (κ2) is 8.81. The van der Waals surface area contributed by atoms with E-state index in [1.165, 1.54) is 6.92 Å². The van der Waals surface area contributed by atoms with Crippen LogP contribution in [0.1, 0.15) is 46.0 Å². The van der Waals surface area contributed by atoms with Crippen molar-refractivity contribution in [2.75, 3.05) is 26.0 Å². The molecule has 2 unspecified atom stereocenters. The van der Waals surface area contributed by atoms with E-state index in [2.05, 4.69) is 10.8 Å². The van der Waals surface area contributed by atoms with E-state index in [1.807, 2.05) is 6.92 Å². The van der Waals surface area contributed by atoms with Crippen LogP contribution in [0.25, 0.3) is 0 Å². The lowest BCUT2D eigenvalue weighted by atomic mass is 10.1. The number of amides is 1. The van der Waals surface area contributed by atoms with Gasteiger partial charge in [-0.05, 0) is 45.7 Å². The van der Waals surface area contributed by atoms with E-state index in [1.54, 1.807) is 0 Å². The van der Waals surface area contributed by atoms with Crippen molar-refractivity contribution in [3.8, 4) is 0 Å². The molecule has 0 aromatic rings. The zero-order valence-corrected chi connectivity index (χ0v) is 14.5. The minimum atomic E-state index is -3.58. The van der Waals surface area contributed by atoms with Crippen molar-refractivity contribution < 1.29 is 22.8 Å². The highest BCUT2D eigenvalue weighted by Crippen LogP contribution is 2.21. The van der Waals surface area contributed by atoms with E-state index < -0.39 is 26.8 Å². The van der Waals surface area contributed by atoms with Crippen LogP contribution in [0.15, 0.2) is 0 Å². The molecule has 130 valence electrons. The first-order valence-electron chi connectivity index (χ1n) is 7.79. The molecule has 1 aliphatic rings. The van der Waals surface area contributed by atoms with Crippen LogP contribution in [-0.2, 0) is 24.2 Å². The van der Waals surface area contributed by atoms with Crippen LogP contribution >= 0.6 is 0 Å². The largest absolute Gasteiger partial charge is 0.350 e. The van der Waals surface area contributed by atoms with E-state index >= 15 is 0 Å². The molecule has 0 aliphatic carbocycles. The monoisotopic (exact) mass is 336 g/mol. The van der Waals surface area contributed by atoms with Crippen LogP contribution in [0.2, 0.25) is 0 Å². The second-order valence-corrected chi connectivity index (χ2v) is 8.29. The molecule has 2 N–H and O–H groups in total. The number of carbonyl (C=O) groups is 1. The summed E-state index contributed by atoms with van der Waals surface area (Å²) in [6.45, 7) is 5.27. The molecular weight excluding hydrogens is 308 g/mol. The molecular formula is C14H28N2O5S. The molecule has 0 spiro atoms. The molecule has 1 amide bonds. The van der Waals surface area contributed by atoms with E-state index in [0.29, 0.717) is 19.6 Å². The van der Waals surface area contributed by atoms with Crippen molar-refractivity contribution in [2.24, 2.45) is 0 Å². The van der Waals surface area contributed by atoms with E-state index in [4.69, 9.17) is 9.57 Å². The predicted molar refractivity (Wildman–Crippen MR) is 83.8 cm³/mol. The lowest BCUT2D eigenvalue weighted by Gasteiger charge is -2.28. The quantitative estimate of drug-likeness (QED) is 0.477. The van der Waals surface area contributed by atoms with Crippen molar-refractivity contribution in [2.45, 2.75) is 57.0 Å². The molecule has 2 atom stereocenters. The topological polar surface area (TPSA) is 93.7 Å². The fourth-order valence-electron chi connectivity index (χ4n) is 2.13. The Morgan fingerprint density at radius 2 is 2.09 bits per heavy atom. The fourth-order valence-corrected chi connectivity index (χ4v) is 2.98. The zero-order chi connectivity index (χ0) is 16.6. The number of carbonyl (C=O) groups excluding carboxylic acids is 1. The molecule has 8 heteroatoms. The number of hydroxylamine groups is 1. The maximum Gasteiger partial charge on any atom is 0.264 e. The summed E-state index contributed by atoms with van der Waals surface area (Å²) in [7, 11) is -3.58. The Hall–Kier alpha value is -0.700. The van der Waals surface area contributed by atoms with Crippen molar-refractivity contribution in [1.82, 2.24) is 10.8 Å². The van der Waals surface area contributed by atoms with Gasteiger partial charge in [-0.15, -0.1) is 0 Å². The van der Waals surface area contributed by atoms with Crippen molar-refractivity contribution in [3.05, 3.63) is 0 Å². The fraction of sp³-hybridized carbons (Fsp3) is 0.929. The minimum absolute atomic E-state index is 0.187. The van der Waals surface area contributed by atoms with Gasteiger partial charge in [0.25, 0.3) is 5.91 Å². The maximum absolute atomic E-state index is 12.3. The van der Waals surface area contributed by atoms with Gasteiger partial charge in [0.2, 0.25) is 0 Å². The molecule has 0 radical (unpaired) electrons. The Balaban J connectivity index is 2.59. The second-order valence-electron chi connectivity index (χ2n) is 5.85. The number of nitrogens with one attached hydrogen (secondary N) is 2. The molecule has 22 heavy (non-hydrogen) atoms. The van der Waals surface area contributed by atoms with Gasteiger partial charge in [-0.1, -0.05) is 6.92 Å². The average Bonchev–Trinajstić information content (AvgIpc) is 2.48. The number of hydrogen-bond acceptors (Lipinski definition) is 6. The molecule has 0 aromatic carbocycles. The van der Waals surface area contributed by atoms with E-state index in [-0.39, 0.29) is 6.42 Å². The first-order chi connectivity index (χ1) is 10.3. The van der Waals surface area contributed by atoms with Gasteiger partial charge < -0.3 is 10.1 Å². The average molecular weight is 336 g/mol. The van der Waals surface area contributed by atoms with Gasteiger partial charge >= 0.3 is 0 Å².